The summed E-state index contributed by atoms with van der Waals surface area (Å²) in [6.45, 7) is 2.35. The van der Waals surface area contributed by atoms with Crippen LogP contribution < -0.4 is 4.31 Å². The van der Waals surface area contributed by atoms with Gasteiger partial charge in [-0.15, -0.1) is 0 Å². The number of hydrogen-bond donors (Lipinski definition) is 0. The van der Waals surface area contributed by atoms with E-state index in [-0.39, 0.29) is 5.69 Å². The van der Waals surface area contributed by atoms with Crippen LogP contribution in [0, 0.1) is 10.1 Å². The van der Waals surface area contributed by atoms with Crippen molar-refractivity contribution in [2.45, 2.75) is 19.8 Å². The van der Waals surface area contributed by atoms with Crippen molar-refractivity contribution in [1.82, 2.24) is 0 Å². The molecule has 6 nitrogen and oxygen atoms in total. The van der Waals surface area contributed by atoms with E-state index in [0.717, 1.165) is 19.1 Å². The van der Waals surface area contributed by atoms with E-state index < -0.39 is 14.9 Å². The molecule has 0 aliphatic heterocycles. The van der Waals surface area contributed by atoms with Crippen molar-refractivity contribution in [2.75, 3.05) is 17.1 Å². The number of hydrogen-bond acceptors (Lipinski definition) is 4. The fourth-order valence-corrected chi connectivity index (χ4v) is 2.49. The summed E-state index contributed by atoms with van der Waals surface area (Å²) in [6, 6.07) is 5.52. The largest absolute Gasteiger partial charge is 0.270 e. The van der Waals surface area contributed by atoms with Gasteiger partial charge in [0.2, 0.25) is 10.0 Å². The lowest BCUT2D eigenvalue weighted by atomic mass is 10.2. The highest BCUT2D eigenvalue weighted by atomic mass is 32.2. The quantitative estimate of drug-likeness (QED) is 0.587. The van der Waals surface area contributed by atoms with Crippen molar-refractivity contribution in [3.8, 4) is 0 Å². The number of anilines is 1. The minimum atomic E-state index is -3.36. The first-order valence-electron chi connectivity index (χ1n) is 5.58. The summed E-state index contributed by atoms with van der Waals surface area (Å²) >= 11 is 0. The fraction of sp³-hybridized carbons (Fsp3) is 0.455. The first-order valence-corrected chi connectivity index (χ1v) is 7.43. The highest BCUT2D eigenvalue weighted by molar-refractivity contribution is 7.92. The predicted molar refractivity (Wildman–Crippen MR) is 70.2 cm³/mol. The van der Waals surface area contributed by atoms with Crippen LogP contribution in [0.2, 0.25) is 0 Å². The Morgan fingerprint density at radius 2 is 1.83 bits per heavy atom. The fourth-order valence-electron chi connectivity index (χ4n) is 1.53. The topological polar surface area (TPSA) is 80.5 Å². The van der Waals surface area contributed by atoms with Crippen LogP contribution in [0.25, 0.3) is 0 Å². The van der Waals surface area contributed by atoms with E-state index >= 15 is 0 Å². The Morgan fingerprint density at radius 1 is 1.28 bits per heavy atom. The Morgan fingerprint density at radius 3 is 2.22 bits per heavy atom. The lowest BCUT2D eigenvalue weighted by Crippen LogP contribution is -2.30. The number of nitrogens with zero attached hydrogens (tertiary/aromatic N) is 2. The molecule has 1 rings (SSSR count). The third kappa shape index (κ3) is 3.69. The van der Waals surface area contributed by atoms with Crippen molar-refractivity contribution in [2.24, 2.45) is 0 Å². The Bertz CT molecular complexity index is 510. The summed E-state index contributed by atoms with van der Waals surface area (Å²) < 4.78 is 24.6. The lowest BCUT2D eigenvalue weighted by Gasteiger charge is -2.21. The van der Waals surface area contributed by atoms with Crippen molar-refractivity contribution in [3.63, 3.8) is 0 Å². The highest BCUT2D eigenvalue weighted by Crippen LogP contribution is 2.21. The second-order valence-electron chi connectivity index (χ2n) is 3.96. The normalized spacial score (nSPS) is 11.2. The first-order chi connectivity index (χ1) is 8.36. The summed E-state index contributed by atoms with van der Waals surface area (Å²) in [7, 11) is -3.36. The van der Waals surface area contributed by atoms with Crippen LogP contribution in [-0.2, 0) is 10.0 Å². The monoisotopic (exact) mass is 272 g/mol. The Labute approximate surface area is 106 Å². The minimum Gasteiger partial charge on any atom is -0.270 e. The molecule has 0 bridgehead atoms. The number of non-ortho nitro benzene ring substituents is 1. The van der Waals surface area contributed by atoms with Gasteiger partial charge >= 0.3 is 0 Å². The summed E-state index contributed by atoms with van der Waals surface area (Å²) in [5.41, 5.74) is 0.402. The van der Waals surface area contributed by atoms with E-state index in [4.69, 9.17) is 0 Å². The van der Waals surface area contributed by atoms with E-state index in [1.807, 2.05) is 6.92 Å². The van der Waals surface area contributed by atoms with E-state index in [1.165, 1.54) is 28.6 Å². The molecular weight excluding hydrogens is 256 g/mol. The molecule has 0 atom stereocenters. The molecule has 1 aromatic rings. The van der Waals surface area contributed by atoms with Gasteiger partial charge in [0.05, 0.1) is 16.9 Å². The van der Waals surface area contributed by atoms with Crippen LogP contribution in [0.1, 0.15) is 19.8 Å². The van der Waals surface area contributed by atoms with Crippen LogP contribution in [-0.4, -0.2) is 26.1 Å². The van der Waals surface area contributed by atoms with Crippen molar-refractivity contribution in [1.29, 1.82) is 0 Å². The number of sulfonamides is 1. The average molecular weight is 272 g/mol. The molecule has 7 heteroatoms. The van der Waals surface area contributed by atoms with Gasteiger partial charge in [0, 0.05) is 18.7 Å². The molecule has 0 aliphatic carbocycles. The summed E-state index contributed by atoms with van der Waals surface area (Å²) in [5.74, 6) is 0. The van der Waals surface area contributed by atoms with Crippen molar-refractivity contribution >= 4 is 21.4 Å². The maximum absolute atomic E-state index is 11.6. The molecule has 18 heavy (non-hydrogen) atoms. The zero-order chi connectivity index (χ0) is 13.8. The third-order valence-electron chi connectivity index (χ3n) is 2.46. The standard InChI is InChI=1S/C11H16N2O4S/c1-3-4-9-12(18(2,16)17)10-5-7-11(8-6-10)13(14)15/h5-8H,3-4,9H2,1-2H3. The number of unbranched alkanes of at least 4 members (excludes halogenated alkanes) is 1. The summed E-state index contributed by atoms with van der Waals surface area (Å²) in [5, 5.41) is 10.5. The van der Waals surface area contributed by atoms with E-state index in [1.54, 1.807) is 0 Å². The van der Waals surface area contributed by atoms with Gasteiger partial charge < -0.3 is 0 Å². The molecule has 0 N–H and O–H groups in total. The smallest absolute Gasteiger partial charge is 0.269 e. The summed E-state index contributed by atoms with van der Waals surface area (Å²) in [6.07, 6.45) is 2.74. The zero-order valence-electron chi connectivity index (χ0n) is 10.4. The van der Waals surface area contributed by atoms with Gasteiger partial charge in [-0.05, 0) is 18.6 Å². The van der Waals surface area contributed by atoms with Gasteiger partial charge in [0.15, 0.2) is 0 Å². The van der Waals surface area contributed by atoms with Gasteiger partial charge in [-0.1, -0.05) is 13.3 Å². The Hall–Kier alpha value is -1.63. The predicted octanol–water partition coefficient (Wildman–Crippen LogP) is 2.16. The average Bonchev–Trinajstić information content (AvgIpc) is 2.28. The maximum atomic E-state index is 11.6. The Balaban J connectivity index is 3.02. The van der Waals surface area contributed by atoms with E-state index in [0.29, 0.717) is 12.2 Å². The molecule has 0 saturated heterocycles. The van der Waals surface area contributed by atoms with Crippen LogP contribution in [0.5, 0.6) is 0 Å². The highest BCUT2D eigenvalue weighted by Gasteiger charge is 2.17. The van der Waals surface area contributed by atoms with Crippen LogP contribution in [0.15, 0.2) is 24.3 Å². The van der Waals surface area contributed by atoms with Crippen molar-refractivity contribution in [3.05, 3.63) is 34.4 Å². The first kappa shape index (κ1) is 14.4. The molecule has 0 spiro atoms. The number of nitro benzene ring substituents is 1. The van der Waals surface area contributed by atoms with Gasteiger partial charge in [0.25, 0.3) is 5.69 Å². The SMILES string of the molecule is CCCCN(c1ccc([N+](=O)[O-])cc1)S(C)(=O)=O. The molecule has 0 unspecified atom stereocenters. The molecule has 0 amide bonds. The molecular formula is C11H16N2O4S. The minimum absolute atomic E-state index is 0.0531. The molecule has 0 radical (unpaired) electrons. The molecule has 0 fully saturated rings. The molecule has 0 saturated carbocycles. The molecule has 100 valence electrons. The van der Waals surface area contributed by atoms with Gasteiger partial charge in [-0.3, -0.25) is 14.4 Å². The summed E-state index contributed by atoms with van der Waals surface area (Å²) in [4.78, 5) is 10.0. The number of nitro groups is 1. The van der Waals surface area contributed by atoms with Crippen LogP contribution >= 0.6 is 0 Å². The van der Waals surface area contributed by atoms with Crippen LogP contribution in [0.3, 0.4) is 0 Å². The second kappa shape index (κ2) is 5.81. The van der Waals surface area contributed by atoms with Gasteiger partial charge in [0.1, 0.15) is 0 Å². The third-order valence-corrected chi connectivity index (χ3v) is 3.66. The van der Waals surface area contributed by atoms with E-state index in [9.17, 15) is 18.5 Å². The number of benzene rings is 1. The maximum Gasteiger partial charge on any atom is 0.269 e. The Kier molecular flexibility index (Phi) is 4.66. The molecule has 0 aromatic heterocycles. The zero-order valence-corrected chi connectivity index (χ0v) is 11.2. The van der Waals surface area contributed by atoms with Gasteiger partial charge in [-0.2, -0.15) is 0 Å². The lowest BCUT2D eigenvalue weighted by molar-refractivity contribution is -0.384. The van der Waals surface area contributed by atoms with Gasteiger partial charge in [-0.25, -0.2) is 8.42 Å². The number of rotatable bonds is 6. The van der Waals surface area contributed by atoms with Crippen molar-refractivity contribution < 1.29 is 13.3 Å². The molecule has 1 aromatic carbocycles. The molecule has 0 aliphatic rings. The van der Waals surface area contributed by atoms with Crippen LogP contribution in [0.4, 0.5) is 11.4 Å². The van der Waals surface area contributed by atoms with E-state index in [2.05, 4.69) is 0 Å². The molecule has 0 heterocycles. The second-order valence-corrected chi connectivity index (χ2v) is 5.87.